The van der Waals surface area contributed by atoms with Crippen LogP contribution in [0.3, 0.4) is 0 Å². The Bertz CT molecular complexity index is 799. The average Bonchev–Trinajstić information content (AvgIpc) is 2.94. The molecular formula is C16H19BrN2O3S2. The number of hydrogen-bond donors (Lipinski definition) is 2. The van der Waals surface area contributed by atoms with E-state index in [2.05, 4.69) is 39.8 Å². The van der Waals surface area contributed by atoms with Gasteiger partial charge in [0.05, 0.1) is 3.79 Å². The van der Waals surface area contributed by atoms with E-state index in [0.717, 1.165) is 21.5 Å². The highest BCUT2D eigenvalue weighted by atomic mass is 79.9. The molecular weight excluding hydrogens is 412 g/mol. The van der Waals surface area contributed by atoms with Crippen LogP contribution in [0.1, 0.15) is 30.6 Å². The number of carbonyl (C=O) groups is 1. The monoisotopic (exact) mass is 430 g/mol. The molecule has 2 aromatic rings. The van der Waals surface area contributed by atoms with Crippen molar-refractivity contribution in [3.05, 3.63) is 45.7 Å². The first-order valence-corrected chi connectivity index (χ1v) is 10.5. The molecule has 130 valence electrons. The number of hydrogen-bond acceptors (Lipinski definition) is 4. The van der Waals surface area contributed by atoms with Crippen molar-refractivity contribution in [2.24, 2.45) is 5.92 Å². The number of carbonyl (C=O) groups excluding carboxylic acids is 1. The van der Waals surface area contributed by atoms with Crippen LogP contribution in [0.2, 0.25) is 0 Å². The molecule has 0 bridgehead atoms. The van der Waals surface area contributed by atoms with Gasteiger partial charge in [-0.15, -0.1) is 11.3 Å². The first-order chi connectivity index (χ1) is 11.3. The van der Waals surface area contributed by atoms with Gasteiger partial charge in [0.15, 0.2) is 0 Å². The van der Waals surface area contributed by atoms with Crippen molar-refractivity contribution in [2.45, 2.75) is 24.5 Å². The molecule has 0 spiro atoms. The summed E-state index contributed by atoms with van der Waals surface area (Å²) in [5.41, 5.74) is 0.916. The van der Waals surface area contributed by atoms with Gasteiger partial charge in [-0.25, -0.2) is 8.42 Å². The maximum atomic E-state index is 12.2. The summed E-state index contributed by atoms with van der Waals surface area (Å²) in [4.78, 5) is 12.0. The molecule has 0 aliphatic carbocycles. The summed E-state index contributed by atoms with van der Waals surface area (Å²) in [6.45, 7) is 4.82. The second kappa shape index (κ2) is 8.13. The summed E-state index contributed by atoms with van der Waals surface area (Å²) in [7, 11) is -3.61. The van der Waals surface area contributed by atoms with Crippen molar-refractivity contribution in [1.29, 1.82) is 0 Å². The highest BCUT2D eigenvalue weighted by molar-refractivity contribution is 9.11. The third-order valence-corrected chi connectivity index (χ3v) is 6.72. The topological polar surface area (TPSA) is 75.3 Å². The van der Waals surface area contributed by atoms with Gasteiger partial charge in [0.1, 0.15) is 4.21 Å². The number of rotatable bonds is 7. The summed E-state index contributed by atoms with van der Waals surface area (Å²) in [6.07, 6.45) is 0.917. The Morgan fingerprint density at radius 1 is 1.17 bits per heavy atom. The molecule has 0 unspecified atom stereocenters. The van der Waals surface area contributed by atoms with Crippen molar-refractivity contribution in [2.75, 3.05) is 11.3 Å². The first-order valence-electron chi connectivity index (χ1n) is 7.44. The Balaban J connectivity index is 2.00. The number of anilines is 1. The van der Waals surface area contributed by atoms with Crippen molar-refractivity contribution in [3.63, 3.8) is 0 Å². The van der Waals surface area contributed by atoms with Crippen LogP contribution in [0.25, 0.3) is 0 Å². The lowest BCUT2D eigenvalue weighted by Crippen LogP contribution is -2.25. The molecule has 2 rings (SSSR count). The van der Waals surface area contributed by atoms with Crippen LogP contribution >= 0.6 is 27.3 Å². The van der Waals surface area contributed by atoms with E-state index in [9.17, 15) is 13.2 Å². The fraction of sp³-hybridized carbons (Fsp3) is 0.312. The number of thiophene rings is 1. The van der Waals surface area contributed by atoms with Gasteiger partial charge in [0.25, 0.3) is 15.9 Å². The molecule has 0 aliphatic heterocycles. The lowest BCUT2D eigenvalue weighted by molar-refractivity contribution is 0.0952. The van der Waals surface area contributed by atoms with Crippen LogP contribution in [-0.4, -0.2) is 20.9 Å². The van der Waals surface area contributed by atoms with Crippen molar-refractivity contribution >= 4 is 48.9 Å². The van der Waals surface area contributed by atoms with Gasteiger partial charge in [-0.1, -0.05) is 13.8 Å². The quantitative estimate of drug-likeness (QED) is 0.694. The molecule has 24 heavy (non-hydrogen) atoms. The molecule has 2 N–H and O–H groups in total. The Labute approximate surface area is 154 Å². The van der Waals surface area contributed by atoms with Gasteiger partial charge in [0, 0.05) is 17.8 Å². The number of nitrogens with one attached hydrogen (secondary N) is 2. The fourth-order valence-electron chi connectivity index (χ4n) is 1.91. The van der Waals surface area contributed by atoms with Crippen LogP contribution in [-0.2, 0) is 10.0 Å². The molecule has 0 saturated heterocycles. The van der Waals surface area contributed by atoms with E-state index in [4.69, 9.17) is 0 Å². The molecule has 1 heterocycles. The summed E-state index contributed by atoms with van der Waals surface area (Å²) in [5.74, 6) is 0.367. The van der Waals surface area contributed by atoms with Crippen molar-refractivity contribution in [3.8, 4) is 0 Å². The minimum atomic E-state index is -3.61. The predicted octanol–water partition coefficient (Wildman–Crippen LogP) is 4.09. The molecule has 1 aromatic carbocycles. The SMILES string of the molecule is CC(C)CCNC(=O)c1ccc(NS(=O)(=O)c2ccc(Br)s2)cc1. The summed E-state index contributed by atoms with van der Waals surface area (Å²) >= 11 is 4.38. The summed E-state index contributed by atoms with van der Waals surface area (Å²) < 4.78 is 28.0. The van der Waals surface area contributed by atoms with Crippen LogP contribution in [0.4, 0.5) is 5.69 Å². The van der Waals surface area contributed by atoms with E-state index in [1.165, 1.54) is 6.07 Å². The van der Waals surface area contributed by atoms with Crippen LogP contribution < -0.4 is 10.0 Å². The maximum absolute atomic E-state index is 12.2. The normalized spacial score (nSPS) is 11.5. The zero-order chi connectivity index (χ0) is 17.7. The Morgan fingerprint density at radius 3 is 2.38 bits per heavy atom. The molecule has 0 saturated carbocycles. The molecule has 0 fully saturated rings. The third-order valence-electron chi connectivity index (χ3n) is 3.22. The predicted molar refractivity (Wildman–Crippen MR) is 101 cm³/mol. The highest BCUT2D eigenvalue weighted by Gasteiger charge is 2.16. The minimum absolute atomic E-state index is 0.160. The van der Waals surface area contributed by atoms with E-state index >= 15 is 0 Å². The van der Waals surface area contributed by atoms with Gasteiger partial charge in [-0.05, 0) is 64.7 Å². The van der Waals surface area contributed by atoms with Crippen molar-refractivity contribution < 1.29 is 13.2 Å². The Hall–Kier alpha value is -1.38. The second-order valence-electron chi connectivity index (χ2n) is 5.68. The van der Waals surface area contributed by atoms with Crippen LogP contribution in [0.5, 0.6) is 0 Å². The number of halogens is 1. The number of sulfonamides is 1. The standard InChI is InChI=1S/C16H19BrN2O3S2/c1-11(2)9-10-18-16(20)12-3-5-13(6-4-12)19-24(21,22)15-8-7-14(17)23-15/h3-8,11,19H,9-10H2,1-2H3,(H,18,20). The third kappa shape index (κ3) is 5.32. The van der Waals surface area contributed by atoms with E-state index in [1.807, 2.05) is 0 Å². The summed E-state index contributed by atoms with van der Waals surface area (Å²) in [6, 6.07) is 9.59. The molecule has 0 aliphatic rings. The largest absolute Gasteiger partial charge is 0.352 e. The van der Waals surface area contributed by atoms with E-state index < -0.39 is 10.0 Å². The van der Waals surface area contributed by atoms with E-state index in [1.54, 1.807) is 30.3 Å². The molecule has 1 amide bonds. The smallest absolute Gasteiger partial charge is 0.271 e. The molecule has 0 radical (unpaired) electrons. The number of amides is 1. The Kier molecular flexibility index (Phi) is 6.42. The maximum Gasteiger partial charge on any atom is 0.271 e. The van der Waals surface area contributed by atoms with Gasteiger partial charge in [0.2, 0.25) is 0 Å². The van der Waals surface area contributed by atoms with Crippen molar-refractivity contribution in [1.82, 2.24) is 5.32 Å². The molecule has 0 atom stereocenters. The van der Waals surface area contributed by atoms with E-state index in [-0.39, 0.29) is 10.1 Å². The average molecular weight is 431 g/mol. The highest BCUT2D eigenvalue weighted by Crippen LogP contribution is 2.27. The van der Waals surface area contributed by atoms with Gasteiger partial charge in [-0.3, -0.25) is 9.52 Å². The zero-order valence-corrected chi connectivity index (χ0v) is 16.6. The molecule has 1 aromatic heterocycles. The molecule has 5 nitrogen and oxygen atoms in total. The van der Waals surface area contributed by atoms with Crippen LogP contribution in [0.15, 0.2) is 44.4 Å². The number of benzene rings is 1. The Morgan fingerprint density at radius 2 is 1.83 bits per heavy atom. The van der Waals surface area contributed by atoms with Crippen LogP contribution in [0, 0.1) is 5.92 Å². The molecule has 8 heteroatoms. The van der Waals surface area contributed by atoms with Gasteiger partial charge in [-0.2, -0.15) is 0 Å². The zero-order valence-electron chi connectivity index (χ0n) is 13.4. The van der Waals surface area contributed by atoms with Gasteiger partial charge >= 0.3 is 0 Å². The second-order valence-corrected chi connectivity index (χ2v) is 10.1. The lowest BCUT2D eigenvalue weighted by atomic mass is 10.1. The summed E-state index contributed by atoms with van der Waals surface area (Å²) in [5, 5.41) is 2.85. The first kappa shape index (κ1) is 19.0. The van der Waals surface area contributed by atoms with E-state index in [0.29, 0.717) is 23.7 Å². The fourth-order valence-corrected chi connectivity index (χ4v) is 4.98. The lowest BCUT2D eigenvalue weighted by Gasteiger charge is -2.09. The minimum Gasteiger partial charge on any atom is -0.352 e. The van der Waals surface area contributed by atoms with Gasteiger partial charge < -0.3 is 5.32 Å².